The van der Waals surface area contributed by atoms with Gasteiger partial charge in [-0.05, 0) is 43.3 Å². The van der Waals surface area contributed by atoms with Gasteiger partial charge in [-0.25, -0.2) is 13.1 Å². The number of benzene rings is 2. The number of ether oxygens (including phenoxy) is 1. The minimum atomic E-state index is -3.49. The molecule has 1 aliphatic heterocycles. The summed E-state index contributed by atoms with van der Waals surface area (Å²) in [5.74, 6) is 0.674. The Bertz CT molecular complexity index is 802. The molecule has 0 amide bonds. The highest BCUT2D eigenvalue weighted by Crippen LogP contribution is 2.17. The fraction of sp³-hybridized carbons (Fsp3) is 0.400. The van der Waals surface area contributed by atoms with Crippen molar-refractivity contribution in [2.24, 2.45) is 0 Å². The van der Waals surface area contributed by atoms with Gasteiger partial charge in [-0.1, -0.05) is 18.2 Å². The summed E-state index contributed by atoms with van der Waals surface area (Å²) in [5, 5.41) is 0. The van der Waals surface area contributed by atoms with Crippen molar-refractivity contribution < 1.29 is 13.2 Å². The number of piperazine rings is 1. The van der Waals surface area contributed by atoms with E-state index in [-0.39, 0.29) is 4.90 Å². The number of sulfonamides is 1. The molecule has 6 nitrogen and oxygen atoms in total. The molecule has 7 heteroatoms. The first-order valence-electron chi connectivity index (χ1n) is 9.33. The molecule has 0 radical (unpaired) electrons. The maximum Gasteiger partial charge on any atom is 0.240 e. The van der Waals surface area contributed by atoms with E-state index in [4.69, 9.17) is 4.74 Å². The van der Waals surface area contributed by atoms with Gasteiger partial charge in [0.05, 0.1) is 11.5 Å². The predicted molar refractivity (Wildman–Crippen MR) is 108 cm³/mol. The average Bonchev–Trinajstić information content (AvgIpc) is 2.70. The smallest absolute Gasteiger partial charge is 0.240 e. The minimum absolute atomic E-state index is 0.264. The van der Waals surface area contributed by atoms with Crippen LogP contribution in [0.3, 0.4) is 0 Å². The monoisotopic (exact) mass is 389 g/mol. The third kappa shape index (κ3) is 5.45. The summed E-state index contributed by atoms with van der Waals surface area (Å²) in [6.45, 7) is 7.33. The van der Waals surface area contributed by atoms with Gasteiger partial charge in [0.1, 0.15) is 5.75 Å². The van der Waals surface area contributed by atoms with Crippen LogP contribution in [-0.4, -0.2) is 59.2 Å². The van der Waals surface area contributed by atoms with Crippen LogP contribution in [-0.2, 0) is 10.0 Å². The molecule has 0 aliphatic carbocycles. The zero-order chi connectivity index (χ0) is 19.1. The van der Waals surface area contributed by atoms with Gasteiger partial charge in [0, 0.05) is 45.0 Å². The van der Waals surface area contributed by atoms with Crippen LogP contribution in [0.2, 0.25) is 0 Å². The van der Waals surface area contributed by atoms with Crippen LogP contribution in [0.5, 0.6) is 5.75 Å². The molecule has 0 unspecified atom stereocenters. The van der Waals surface area contributed by atoms with Crippen molar-refractivity contribution >= 4 is 15.7 Å². The normalized spacial score (nSPS) is 15.7. The molecule has 0 atom stereocenters. The van der Waals surface area contributed by atoms with Gasteiger partial charge in [-0.3, -0.25) is 4.90 Å². The fourth-order valence-corrected chi connectivity index (χ4v) is 4.19. The lowest BCUT2D eigenvalue weighted by atomic mass is 10.2. The Kier molecular flexibility index (Phi) is 6.71. The highest BCUT2D eigenvalue weighted by molar-refractivity contribution is 7.89. The molecule has 1 N–H and O–H groups in total. The number of nitrogens with one attached hydrogen (secondary N) is 1. The van der Waals surface area contributed by atoms with Gasteiger partial charge in [0.15, 0.2) is 0 Å². The van der Waals surface area contributed by atoms with Gasteiger partial charge in [-0.2, -0.15) is 0 Å². The lowest BCUT2D eigenvalue weighted by molar-refractivity contribution is 0.262. The molecule has 27 heavy (non-hydrogen) atoms. The number of para-hydroxylation sites is 1. The Labute approximate surface area is 161 Å². The number of rotatable bonds is 8. The van der Waals surface area contributed by atoms with Crippen LogP contribution in [0.25, 0.3) is 0 Å². The molecule has 146 valence electrons. The summed E-state index contributed by atoms with van der Waals surface area (Å²) in [6.07, 6.45) is 0. The Morgan fingerprint density at radius 3 is 2.26 bits per heavy atom. The van der Waals surface area contributed by atoms with Gasteiger partial charge < -0.3 is 9.64 Å². The maximum atomic E-state index is 12.4. The molecule has 0 spiro atoms. The topological polar surface area (TPSA) is 61.9 Å². The third-order valence-corrected chi connectivity index (χ3v) is 6.14. The second-order valence-corrected chi connectivity index (χ2v) is 8.23. The Hall–Kier alpha value is -2.09. The Morgan fingerprint density at radius 2 is 1.63 bits per heavy atom. The lowest BCUT2D eigenvalue weighted by Crippen LogP contribution is -2.48. The minimum Gasteiger partial charge on any atom is -0.494 e. The first-order chi connectivity index (χ1) is 13.1. The van der Waals surface area contributed by atoms with Gasteiger partial charge in [0.25, 0.3) is 0 Å². The van der Waals surface area contributed by atoms with Gasteiger partial charge in [-0.15, -0.1) is 0 Å². The van der Waals surface area contributed by atoms with Crippen LogP contribution < -0.4 is 14.4 Å². The molecule has 0 aromatic heterocycles. The van der Waals surface area contributed by atoms with Gasteiger partial charge in [0.2, 0.25) is 10.0 Å². The summed E-state index contributed by atoms with van der Waals surface area (Å²) in [7, 11) is -3.49. The van der Waals surface area contributed by atoms with E-state index in [9.17, 15) is 8.42 Å². The summed E-state index contributed by atoms with van der Waals surface area (Å²) < 4.78 is 32.8. The standard InChI is InChI=1S/C20H27N3O3S/c1-2-26-19-8-10-20(11-9-19)27(24,25)21-12-13-22-14-16-23(17-15-22)18-6-4-3-5-7-18/h3-11,21H,2,12-17H2,1H3. The van der Waals surface area contributed by atoms with E-state index in [1.54, 1.807) is 24.3 Å². The van der Waals surface area contributed by atoms with Crippen LogP contribution in [0.4, 0.5) is 5.69 Å². The number of nitrogens with zero attached hydrogens (tertiary/aromatic N) is 2. The molecule has 0 bridgehead atoms. The largest absolute Gasteiger partial charge is 0.494 e. The number of anilines is 1. The van der Waals surface area contributed by atoms with E-state index < -0.39 is 10.0 Å². The van der Waals surface area contributed by atoms with Crippen molar-refractivity contribution in [2.45, 2.75) is 11.8 Å². The summed E-state index contributed by atoms with van der Waals surface area (Å²) in [4.78, 5) is 4.92. The molecule has 1 heterocycles. The zero-order valence-electron chi connectivity index (χ0n) is 15.7. The Morgan fingerprint density at radius 1 is 0.963 bits per heavy atom. The van der Waals surface area contributed by atoms with Crippen molar-refractivity contribution in [1.82, 2.24) is 9.62 Å². The van der Waals surface area contributed by atoms with Crippen molar-refractivity contribution in [1.29, 1.82) is 0 Å². The molecule has 3 rings (SSSR count). The SMILES string of the molecule is CCOc1ccc(S(=O)(=O)NCCN2CCN(c3ccccc3)CC2)cc1. The van der Waals surface area contributed by atoms with E-state index in [1.807, 2.05) is 13.0 Å². The van der Waals surface area contributed by atoms with Crippen molar-refractivity contribution in [3.05, 3.63) is 54.6 Å². The molecule has 1 fully saturated rings. The number of hydrogen-bond donors (Lipinski definition) is 1. The molecule has 1 aliphatic rings. The van der Waals surface area contributed by atoms with Crippen LogP contribution >= 0.6 is 0 Å². The predicted octanol–water partition coefficient (Wildman–Crippen LogP) is 2.19. The molecule has 2 aromatic rings. The van der Waals surface area contributed by atoms with Crippen molar-refractivity contribution in [2.75, 3.05) is 50.8 Å². The van der Waals surface area contributed by atoms with E-state index in [1.165, 1.54) is 5.69 Å². The second kappa shape index (κ2) is 9.21. The quantitative estimate of drug-likeness (QED) is 0.750. The highest BCUT2D eigenvalue weighted by Gasteiger charge is 2.18. The Balaban J connectivity index is 1.44. The van der Waals surface area contributed by atoms with E-state index in [0.29, 0.717) is 25.4 Å². The highest BCUT2D eigenvalue weighted by atomic mass is 32.2. The first-order valence-corrected chi connectivity index (χ1v) is 10.8. The van der Waals surface area contributed by atoms with Crippen LogP contribution in [0.1, 0.15) is 6.92 Å². The molecule has 0 saturated carbocycles. The van der Waals surface area contributed by atoms with Crippen LogP contribution in [0, 0.1) is 0 Å². The molecule has 1 saturated heterocycles. The van der Waals surface area contributed by atoms with E-state index in [0.717, 1.165) is 26.2 Å². The first kappa shape index (κ1) is 19.7. The summed E-state index contributed by atoms with van der Waals surface area (Å²) in [5.41, 5.74) is 1.24. The second-order valence-electron chi connectivity index (χ2n) is 6.47. The van der Waals surface area contributed by atoms with E-state index >= 15 is 0 Å². The average molecular weight is 390 g/mol. The fourth-order valence-electron chi connectivity index (χ4n) is 3.17. The summed E-state index contributed by atoms with van der Waals surface area (Å²) >= 11 is 0. The van der Waals surface area contributed by atoms with Crippen LogP contribution in [0.15, 0.2) is 59.5 Å². The van der Waals surface area contributed by atoms with E-state index in [2.05, 4.69) is 38.8 Å². The molecular weight excluding hydrogens is 362 g/mol. The number of hydrogen-bond acceptors (Lipinski definition) is 5. The zero-order valence-corrected chi connectivity index (χ0v) is 16.5. The van der Waals surface area contributed by atoms with Crippen molar-refractivity contribution in [3.8, 4) is 5.75 Å². The maximum absolute atomic E-state index is 12.4. The molecular formula is C20H27N3O3S. The van der Waals surface area contributed by atoms with Crippen molar-refractivity contribution in [3.63, 3.8) is 0 Å². The van der Waals surface area contributed by atoms with Gasteiger partial charge >= 0.3 is 0 Å². The molecule has 2 aromatic carbocycles. The lowest BCUT2D eigenvalue weighted by Gasteiger charge is -2.36. The third-order valence-electron chi connectivity index (χ3n) is 4.66. The summed E-state index contributed by atoms with van der Waals surface area (Å²) in [6, 6.07) is 16.9.